The zero-order valence-electron chi connectivity index (χ0n) is 16.6. The van der Waals surface area contributed by atoms with Gasteiger partial charge in [-0.05, 0) is 43.9 Å². The Bertz CT molecular complexity index is 907. The third-order valence-corrected chi connectivity index (χ3v) is 5.16. The average molecular weight is 369 g/mol. The van der Waals surface area contributed by atoms with Gasteiger partial charge in [0, 0.05) is 25.0 Å². The maximum atomic E-state index is 13.0. The van der Waals surface area contributed by atoms with Gasteiger partial charge < -0.3 is 14.9 Å². The molecule has 1 fully saturated rings. The van der Waals surface area contributed by atoms with Crippen molar-refractivity contribution in [3.05, 3.63) is 35.0 Å². The highest BCUT2D eigenvalue weighted by molar-refractivity contribution is 5.99. The lowest BCUT2D eigenvalue weighted by molar-refractivity contribution is -0.140. The molecule has 6 heteroatoms. The molecule has 27 heavy (non-hydrogen) atoms. The number of nitrogens with zero attached hydrogens (tertiary/aromatic N) is 3. The van der Waals surface area contributed by atoms with E-state index in [-0.39, 0.29) is 23.3 Å². The zero-order chi connectivity index (χ0) is 19.9. The van der Waals surface area contributed by atoms with Gasteiger partial charge in [0.25, 0.3) is 5.91 Å². The van der Waals surface area contributed by atoms with Crippen LogP contribution in [-0.4, -0.2) is 57.4 Å². The third kappa shape index (κ3) is 3.48. The predicted octanol–water partition coefficient (Wildman–Crippen LogP) is 2.89. The fraction of sp³-hybridized carbons (Fsp3) is 0.476. The lowest BCUT2D eigenvalue weighted by Crippen LogP contribution is -2.58. The van der Waals surface area contributed by atoms with E-state index < -0.39 is 6.04 Å². The van der Waals surface area contributed by atoms with Crippen LogP contribution in [0, 0.1) is 19.8 Å². The van der Waals surface area contributed by atoms with Crippen molar-refractivity contribution in [2.75, 3.05) is 19.6 Å². The van der Waals surface area contributed by atoms with Crippen molar-refractivity contribution < 1.29 is 14.7 Å². The third-order valence-electron chi connectivity index (χ3n) is 5.16. The molecule has 6 nitrogen and oxygen atoms in total. The van der Waals surface area contributed by atoms with E-state index in [1.54, 1.807) is 17.9 Å². The molecule has 0 saturated carbocycles. The zero-order valence-corrected chi connectivity index (χ0v) is 16.6. The number of fused-ring (bicyclic) bond motifs is 1. The Morgan fingerprint density at radius 2 is 1.96 bits per heavy atom. The van der Waals surface area contributed by atoms with Crippen molar-refractivity contribution >= 4 is 22.7 Å². The Balaban J connectivity index is 1.90. The molecule has 1 aromatic heterocycles. The van der Waals surface area contributed by atoms with E-state index >= 15 is 0 Å². The highest BCUT2D eigenvalue weighted by Crippen LogP contribution is 2.30. The van der Waals surface area contributed by atoms with Gasteiger partial charge in [0.1, 0.15) is 23.0 Å². The summed E-state index contributed by atoms with van der Waals surface area (Å²) in [5, 5.41) is 11.2. The van der Waals surface area contributed by atoms with E-state index in [9.17, 15) is 14.7 Å². The second kappa shape index (κ2) is 7.18. The first-order valence-corrected chi connectivity index (χ1v) is 9.40. The van der Waals surface area contributed by atoms with Gasteiger partial charge in [-0.3, -0.25) is 9.59 Å². The summed E-state index contributed by atoms with van der Waals surface area (Å²) >= 11 is 0. The molecule has 1 saturated heterocycles. The number of aromatic hydroxyl groups is 1. The largest absolute Gasteiger partial charge is 0.505 e. The second-order valence-corrected chi connectivity index (χ2v) is 7.80. The summed E-state index contributed by atoms with van der Waals surface area (Å²) in [7, 11) is 0. The number of hydrogen-bond acceptors (Lipinski definition) is 4. The smallest absolute Gasteiger partial charge is 0.273 e. The first-order chi connectivity index (χ1) is 12.7. The van der Waals surface area contributed by atoms with Crippen molar-refractivity contribution in [2.45, 2.75) is 40.7 Å². The second-order valence-electron chi connectivity index (χ2n) is 7.80. The highest BCUT2D eigenvalue weighted by Gasteiger charge is 2.35. The van der Waals surface area contributed by atoms with Gasteiger partial charge in [-0.1, -0.05) is 26.0 Å². The molecule has 2 heterocycles. The van der Waals surface area contributed by atoms with E-state index in [2.05, 4.69) is 18.8 Å². The normalized spacial score (nSPS) is 17.9. The SMILES string of the molecule is Cc1cc(C)c2ccc(C(=O)N3CCN(CC(C)C)C(=O)C3C)nc2c1O. The lowest BCUT2D eigenvalue weighted by atomic mass is 10.0. The summed E-state index contributed by atoms with van der Waals surface area (Å²) < 4.78 is 0. The Morgan fingerprint density at radius 3 is 2.63 bits per heavy atom. The lowest BCUT2D eigenvalue weighted by Gasteiger charge is -2.39. The molecule has 2 amide bonds. The van der Waals surface area contributed by atoms with Crippen LogP contribution >= 0.6 is 0 Å². The Hall–Kier alpha value is -2.63. The van der Waals surface area contributed by atoms with Crippen LogP contribution in [0.15, 0.2) is 18.2 Å². The molecular weight excluding hydrogens is 342 g/mol. The maximum absolute atomic E-state index is 13.0. The molecule has 1 aliphatic rings. The summed E-state index contributed by atoms with van der Waals surface area (Å²) in [4.78, 5) is 33.5. The van der Waals surface area contributed by atoms with E-state index in [0.29, 0.717) is 31.1 Å². The number of carbonyl (C=O) groups is 2. The molecule has 1 N–H and O–H groups in total. The topological polar surface area (TPSA) is 73.7 Å². The first kappa shape index (κ1) is 19.1. The minimum Gasteiger partial charge on any atom is -0.505 e. The van der Waals surface area contributed by atoms with Crippen LogP contribution in [0.1, 0.15) is 42.4 Å². The molecule has 0 spiro atoms. The van der Waals surface area contributed by atoms with Crippen LogP contribution in [0.2, 0.25) is 0 Å². The average Bonchev–Trinajstić information content (AvgIpc) is 2.62. The Labute approximate surface area is 159 Å². The molecular formula is C21H27N3O3. The Morgan fingerprint density at radius 1 is 1.26 bits per heavy atom. The molecule has 1 atom stereocenters. The molecule has 2 aromatic rings. The quantitative estimate of drug-likeness (QED) is 0.903. The van der Waals surface area contributed by atoms with Gasteiger partial charge in [0.15, 0.2) is 0 Å². The van der Waals surface area contributed by atoms with Crippen LogP contribution in [0.5, 0.6) is 5.75 Å². The predicted molar refractivity (Wildman–Crippen MR) is 105 cm³/mol. The van der Waals surface area contributed by atoms with Crippen molar-refractivity contribution in [1.82, 2.24) is 14.8 Å². The van der Waals surface area contributed by atoms with Crippen LogP contribution in [0.4, 0.5) is 0 Å². The minimum absolute atomic E-state index is 0.0291. The molecule has 1 unspecified atom stereocenters. The number of benzene rings is 1. The molecule has 0 aliphatic carbocycles. The fourth-order valence-electron chi connectivity index (χ4n) is 3.71. The maximum Gasteiger partial charge on any atom is 0.273 e. The van der Waals surface area contributed by atoms with Crippen molar-refractivity contribution in [1.29, 1.82) is 0 Å². The number of piperazine rings is 1. The van der Waals surface area contributed by atoms with E-state index in [1.807, 2.05) is 30.9 Å². The number of carbonyl (C=O) groups excluding carboxylic acids is 2. The monoisotopic (exact) mass is 369 g/mol. The Kier molecular flexibility index (Phi) is 5.09. The van der Waals surface area contributed by atoms with E-state index in [0.717, 1.165) is 16.5 Å². The standard InChI is InChI=1S/C21H27N3O3/c1-12(2)11-23-8-9-24(15(5)20(23)26)21(27)17-7-6-16-13(3)10-14(4)19(25)18(16)22-17/h6-7,10,12,15,25H,8-9,11H2,1-5H3. The number of phenolic OH excluding ortho intramolecular Hbond substituents is 1. The van der Waals surface area contributed by atoms with Gasteiger partial charge in [0.05, 0.1) is 0 Å². The summed E-state index contributed by atoms with van der Waals surface area (Å²) in [6, 6.07) is 4.86. The molecule has 0 radical (unpaired) electrons. The highest BCUT2D eigenvalue weighted by atomic mass is 16.3. The van der Waals surface area contributed by atoms with Crippen LogP contribution in [0.25, 0.3) is 10.9 Å². The van der Waals surface area contributed by atoms with Gasteiger partial charge >= 0.3 is 0 Å². The fourth-order valence-corrected chi connectivity index (χ4v) is 3.71. The number of aryl methyl sites for hydroxylation is 2. The van der Waals surface area contributed by atoms with Crippen LogP contribution in [0.3, 0.4) is 0 Å². The molecule has 3 rings (SSSR count). The van der Waals surface area contributed by atoms with Crippen molar-refractivity contribution in [3.8, 4) is 5.75 Å². The number of rotatable bonds is 3. The van der Waals surface area contributed by atoms with Crippen molar-refractivity contribution in [3.63, 3.8) is 0 Å². The van der Waals surface area contributed by atoms with Crippen LogP contribution in [-0.2, 0) is 4.79 Å². The summed E-state index contributed by atoms with van der Waals surface area (Å²) in [5.74, 6) is 0.176. The van der Waals surface area contributed by atoms with Gasteiger partial charge in [0.2, 0.25) is 5.91 Å². The van der Waals surface area contributed by atoms with Gasteiger partial charge in [-0.2, -0.15) is 0 Å². The summed E-state index contributed by atoms with van der Waals surface area (Å²) in [6.45, 7) is 11.4. The number of amides is 2. The summed E-state index contributed by atoms with van der Waals surface area (Å²) in [6.07, 6.45) is 0. The molecule has 1 aromatic carbocycles. The number of hydrogen-bond donors (Lipinski definition) is 1. The summed E-state index contributed by atoms with van der Waals surface area (Å²) in [5.41, 5.74) is 2.40. The van der Waals surface area contributed by atoms with Crippen molar-refractivity contribution in [2.24, 2.45) is 5.92 Å². The molecule has 0 bridgehead atoms. The number of pyridine rings is 1. The van der Waals surface area contributed by atoms with Gasteiger partial charge in [-0.25, -0.2) is 4.98 Å². The number of phenols is 1. The van der Waals surface area contributed by atoms with E-state index in [1.165, 1.54) is 0 Å². The molecule has 144 valence electrons. The van der Waals surface area contributed by atoms with E-state index in [4.69, 9.17) is 0 Å². The number of aromatic nitrogens is 1. The molecule has 1 aliphatic heterocycles. The van der Waals surface area contributed by atoms with Crippen LogP contribution < -0.4 is 0 Å². The minimum atomic E-state index is -0.518. The van der Waals surface area contributed by atoms with Gasteiger partial charge in [-0.15, -0.1) is 0 Å². The first-order valence-electron chi connectivity index (χ1n) is 9.40.